The van der Waals surface area contributed by atoms with Gasteiger partial charge in [0, 0.05) is 18.2 Å². The molecule has 0 aliphatic carbocycles. The van der Waals surface area contributed by atoms with Gasteiger partial charge in [0.1, 0.15) is 12.3 Å². The van der Waals surface area contributed by atoms with Crippen LogP contribution in [0, 0.1) is 12.3 Å². The molecule has 0 bridgehead atoms. The molecule has 8 heteroatoms. The molecule has 3 atom stereocenters. The van der Waals surface area contributed by atoms with Gasteiger partial charge in [-0.05, 0) is 6.92 Å². The Balaban J connectivity index is 2.42. The number of aliphatic hydroxyl groups is 2. The lowest BCUT2D eigenvalue weighted by Crippen LogP contribution is -2.46. The first-order valence-corrected chi connectivity index (χ1v) is 5.54. The molecule has 2 rings (SSSR count). The second-order valence-corrected chi connectivity index (χ2v) is 4.34. The molecule has 0 spiro atoms. The van der Waals surface area contributed by atoms with Crippen molar-refractivity contribution in [2.45, 2.75) is 31.8 Å². The van der Waals surface area contributed by atoms with Crippen molar-refractivity contribution in [1.82, 2.24) is 9.24 Å². The highest BCUT2D eigenvalue weighted by atomic mass is 16.5. The second-order valence-electron chi connectivity index (χ2n) is 4.34. The number of nitrogen functional groups attached to an aromatic ring is 1. The summed E-state index contributed by atoms with van der Waals surface area (Å²) in [6, 6.07) is 0. The number of ether oxygens (including phenoxy) is 1. The fraction of sp³-hybridized carbons (Fsp3) is 0.600. The molecule has 2 heterocycles. The first kappa shape index (κ1) is 12.8. The molecule has 1 aliphatic rings. The predicted molar refractivity (Wildman–Crippen MR) is 61.1 cm³/mol. The SMILES string of the molecule is Cc1cn([C@H]2C[C@H](O)[C@@H](CO)O2)c(=O)n(N)c1=N. The lowest BCUT2D eigenvalue weighted by atomic mass is 10.2. The molecule has 0 radical (unpaired) electrons. The van der Waals surface area contributed by atoms with Crippen molar-refractivity contribution in [2.75, 3.05) is 12.4 Å². The van der Waals surface area contributed by atoms with Crippen LogP contribution in [0.2, 0.25) is 0 Å². The van der Waals surface area contributed by atoms with Gasteiger partial charge in [-0.25, -0.2) is 4.79 Å². The number of nitrogens with one attached hydrogen (secondary N) is 1. The summed E-state index contributed by atoms with van der Waals surface area (Å²) in [7, 11) is 0. The number of hydrogen-bond acceptors (Lipinski definition) is 6. The van der Waals surface area contributed by atoms with E-state index >= 15 is 0 Å². The Morgan fingerprint density at radius 1 is 1.67 bits per heavy atom. The van der Waals surface area contributed by atoms with Gasteiger partial charge in [0.2, 0.25) is 0 Å². The van der Waals surface area contributed by atoms with Crippen molar-refractivity contribution < 1.29 is 14.9 Å². The molecule has 18 heavy (non-hydrogen) atoms. The van der Waals surface area contributed by atoms with Gasteiger partial charge in [0.15, 0.2) is 5.49 Å². The standard InChI is InChI=1S/C10H16N4O4/c1-5-3-13(10(17)14(12)9(5)11)8-2-6(16)7(4-15)18-8/h3,6-8,11,15-16H,2,4,12H2,1H3/t6-,7+,8+/m0/s1. The average molecular weight is 256 g/mol. The Hall–Kier alpha value is -1.64. The minimum Gasteiger partial charge on any atom is -0.394 e. The smallest absolute Gasteiger partial charge is 0.350 e. The first-order chi connectivity index (χ1) is 8.45. The number of aromatic nitrogens is 2. The summed E-state index contributed by atoms with van der Waals surface area (Å²) >= 11 is 0. The highest BCUT2D eigenvalue weighted by molar-refractivity contribution is 5.02. The summed E-state index contributed by atoms with van der Waals surface area (Å²) in [5.74, 6) is 5.48. The molecular weight excluding hydrogens is 240 g/mol. The maximum absolute atomic E-state index is 11.9. The van der Waals surface area contributed by atoms with E-state index in [1.807, 2.05) is 0 Å². The van der Waals surface area contributed by atoms with E-state index in [-0.39, 0.29) is 18.5 Å². The monoisotopic (exact) mass is 256 g/mol. The van der Waals surface area contributed by atoms with Crippen molar-refractivity contribution >= 4 is 0 Å². The third-order valence-corrected chi connectivity index (χ3v) is 3.07. The Kier molecular flexibility index (Phi) is 3.24. The van der Waals surface area contributed by atoms with Gasteiger partial charge in [0.05, 0.1) is 12.7 Å². The van der Waals surface area contributed by atoms with Crippen LogP contribution in [0.4, 0.5) is 0 Å². The van der Waals surface area contributed by atoms with E-state index in [0.29, 0.717) is 5.56 Å². The van der Waals surface area contributed by atoms with E-state index in [1.54, 1.807) is 6.92 Å². The van der Waals surface area contributed by atoms with Crippen molar-refractivity contribution in [1.29, 1.82) is 5.41 Å². The van der Waals surface area contributed by atoms with E-state index in [4.69, 9.17) is 21.1 Å². The third-order valence-electron chi connectivity index (χ3n) is 3.07. The Labute approximate surface area is 102 Å². The zero-order valence-corrected chi connectivity index (χ0v) is 9.91. The van der Waals surface area contributed by atoms with Crippen LogP contribution in [0.1, 0.15) is 18.2 Å². The predicted octanol–water partition coefficient (Wildman–Crippen LogP) is -2.21. The lowest BCUT2D eigenvalue weighted by molar-refractivity contribution is -0.0462. The second kappa shape index (κ2) is 4.56. The van der Waals surface area contributed by atoms with Gasteiger partial charge in [-0.15, -0.1) is 0 Å². The van der Waals surface area contributed by atoms with Crippen LogP contribution in [0.3, 0.4) is 0 Å². The highest BCUT2D eigenvalue weighted by Gasteiger charge is 2.35. The van der Waals surface area contributed by atoms with Crippen molar-refractivity contribution in [2.24, 2.45) is 0 Å². The van der Waals surface area contributed by atoms with Crippen molar-refractivity contribution in [3.8, 4) is 0 Å². The molecule has 0 unspecified atom stereocenters. The number of aryl methyl sites for hydroxylation is 1. The van der Waals surface area contributed by atoms with E-state index in [0.717, 1.165) is 4.68 Å². The lowest BCUT2D eigenvalue weighted by Gasteiger charge is -2.16. The van der Waals surface area contributed by atoms with E-state index in [2.05, 4.69) is 0 Å². The molecule has 1 saturated heterocycles. The highest BCUT2D eigenvalue weighted by Crippen LogP contribution is 2.27. The van der Waals surface area contributed by atoms with Gasteiger partial charge in [0.25, 0.3) is 0 Å². The van der Waals surface area contributed by atoms with Crippen LogP contribution in [0.15, 0.2) is 11.0 Å². The number of aliphatic hydroxyl groups excluding tert-OH is 2. The fourth-order valence-electron chi connectivity index (χ4n) is 1.99. The Morgan fingerprint density at radius 2 is 2.33 bits per heavy atom. The Bertz CT molecular complexity index is 564. The maximum atomic E-state index is 11.9. The molecule has 0 aromatic carbocycles. The van der Waals surface area contributed by atoms with E-state index in [9.17, 15) is 9.90 Å². The quantitative estimate of drug-likeness (QED) is 0.446. The Morgan fingerprint density at radius 3 is 2.89 bits per heavy atom. The summed E-state index contributed by atoms with van der Waals surface area (Å²) in [6.07, 6.45) is -0.551. The molecule has 1 aromatic rings. The average Bonchev–Trinajstić information content (AvgIpc) is 2.72. The van der Waals surface area contributed by atoms with Crippen LogP contribution >= 0.6 is 0 Å². The summed E-state index contributed by atoms with van der Waals surface area (Å²) in [5.41, 5.74) is -0.155. The number of hydrogen-bond donors (Lipinski definition) is 4. The van der Waals surface area contributed by atoms with Crippen LogP contribution < -0.4 is 17.0 Å². The zero-order chi connectivity index (χ0) is 13.4. The molecule has 8 nitrogen and oxygen atoms in total. The molecule has 5 N–H and O–H groups in total. The van der Waals surface area contributed by atoms with Crippen LogP contribution in [0.5, 0.6) is 0 Å². The molecule has 1 fully saturated rings. The number of nitrogens with two attached hydrogens (primary N) is 1. The molecule has 1 aliphatic heterocycles. The van der Waals surface area contributed by atoms with Crippen LogP contribution in [0.25, 0.3) is 0 Å². The van der Waals surface area contributed by atoms with Gasteiger partial charge < -0.3 is 20.8 Å². The zero-order valence-electron chi connectivity index (χ0n) is 9.91. The summed E-state index contributed by atoms with van der Waals surface area (Å²) in [5, 5.41) is 26.2. The normalized spacial score (nSPS) is 27.6. The number of rotatable bonds is 2. The molecule has 0 saturated carbocycles. The van der Waals surface area contributed by atoms with Gasteiger partial charge in [-0.2, -0.15) is 4.68 Å². The largest absolute Gasteiger partial charge is 0.394 e. The van der Waals surface area contributed by atoms with Crippen LogP contribution in [-0.4, -0.2) is 38.3 Å². The van der Waals surface area contributed by atoms with Crippen molar-refractivity contribution in [3.63, 3.8) is 0 Å². The molecular formula is C10H16N4O4. The van der Waals surface area contributed by atoms with Gasteiger partial charge in [-0.3, -0.25) is 9.98 Å². The molecule has 0 amide bonds. The van der Waals surface area contributed by atoms with E-state index in [1.165, 1.54) is 10.8 Å². The first-order valence-electron chi connectivity index (χ1n) is 5.54. The minimum atomic E-state index is -0.825. The van der Waals surface area contributed by atoms with Crippen LogP contribution in [-0.2, 0) is 4.74 Å². The minimum absolute atomic E-state index is 0.0755. The molecule has 1 aromatic heterocycles. The van der Waals surface area contributed by atoms with E-state index < -0.39 is 24.1 Å². The summed E-state index contributed by atoms with van der Waals surface area (Å²) in [4.78, 5) is 11.9. The molecule has 100 valence electrons. The summed E-state index contributed by atoms with van der Waals surface area (Å²) in [6.45, 7) is 1.33. The summed E-state index contributed by atoms with van der Waals surface area (Å²) < 4.78 is 7.32. The number of nitrogens with zero attached hydrogens (tertiary/aromatic N) is 2. The van der Waals surface area contributed by atoms with Crippen molar-refractivity contribution in [3.05, 3.63) is 27.7 Å². The third kappa shape index (κ3) is 1.94. The fourth-order valence-corrected chi connectivity index (χ4v) is 1.99. The van der Waals surface area contributed by atoms with Gasteiger partial charge in [-0.1, -0.05) is 0 Å². The maximum Gasteiger partial charge on any atom is 0.350 e. The topological polar surface area (TPSA) is 126 Å². The van der Waals surface area contributed by atoms with Gasteiger partial charge >= 0.3 is 5.69 Å².